The van der Waals surface area contributed by atoms with Crippen molar-refractivity contribution in [1.82, 2.24) is 0 Å². The van der Waals surface area contributed by atoms with Crippen LogP contribution in [0, 0.1) is 10.5 Å². The van der Waals surface area contributed by atoms with E-state index < -0.39 is 0 Å². The second kappa shape index (κ2) is 6.80. The fourth-order valence-electron chi connectivity index (χ4n) is 1.95. The van der Waals surface area contributed by atoms with Crippen LogP contribution in [0.4, 0.5) is 5.69 Å². The maximum absolute atomic E-state index is 12.4. The number of ether oxygens (including phenoxy) is 2. The van der Waals surface area contributed by atoms with Gasteiger partial charge < -0.3 is 14.8 Å². The van der Waals surface area contributed by atoms with Gasteiger partial charge in [-0.05, 0) is 53.3 Å². The lowest BCUT2D eigenvalue weighted by Crippen LogP contribution is -2.14. The SMILES string of the molecule is COc1cc(C)c(NC(=O)c2ccccc2I)cc1OC. The Bertz CT molecular complexity index is 671. The van der Waals surface area contributed by atoms with Gasteiger partial charge >= 0.3 is 0 Å². The van der Waals surface area contributed by atoms with Gasteiger partial charge in [-0.3, -0.25) is 4.79 Å². The van der Waals surface area contributed by atoms with E-state index >= 15 is 0 Å². The molecule has 0 aliphatic carbocycles. The summed E-state index contributed by atoms with van der Waals surface area (Å²) in [6, 6.07) is 11.1. The number of benzene rings is 2. The van der Waals surface area contributed by atoms with Crippen molar-refractivity contribution in [3.63, 3.8) is 0 Å². The van der Waals surface area contributed by atoms with Crippen LogP contribution in [-0.4, -0.2) is 20.1 Å². The van der Waals surface area contributed by atoms with Crippen molar-refractivity contribution in [2.24, 2.45) is 0 Å². The molecular weight excluding hydrogens is 381 g/mol. The molecule has 110 valence electrons. The van der Waals surface area contributed by atoms with Gasteiger partial charge in [0, 0.05) is 15.3 Å². The standard InChI is InChI=1S/C16H16INO3/c1-10-8-14(20-2)15(21-3)9-13(10)18-16(19)11-6-4-5-7-12(11)17/h4-9H,1-3H3,(H,18,19). The van der Waals surface area contributed by atoms with E-state index in [4.69, 9.17) is 9.47 Å². The number of amides is 1. The van der Waals surface area contributed by atoms with Crippen molar-refractivity contribution >= 4 is 34.2 Å². The van der Waals surface area contributed by atoms with Crippen molar-refractivity contribution in [3.05, 3.63) is 51.1 Å². The number of hydrogen-bond donors (Lipinski definition) is 1. The van der Waals surface area contributed by atoms with E-state index in [0.717, 1.165) is 9.13 Å². The molecule has 21 heavy (non-hydrogen) atoms. The molecule has 2 aromatic rings. The number of rotatable bonds is 4. The van der Waals surface area contributed by atoms with Crippen LogP contribution in [0.15, 0.2) is 36.4 Å². The Morgan fingerprint density at radius 1 is 1.10 bits per heavy atom. The third-order valence-corrected chi connectivity index (χ3v) is 4.04. The summed E-state index contributed by atoms with van der Waals surface area (Å²) < 4.78 is 11.4. The minimum Gasteiger partial charge on any atom is -0.493 e. The van der Waals surface area contributed by atoms with Gasteiger partial charge in [0.15, 0.2) is 11.5 Å². The predicted octanol–water partition coefficient (Wildman–Crippen LogP) is 3.87. The first-order chi connectivity index (χ1) is 10.1. The molecule has 0 fully saturated rings. The normalized spacial score (nSPS) is 10.1. The molecule has 2 aromatic carbocycles. The summed E-state index contributed by atoms with van der Waals surface area (Å²) >= 11 is 2.15. The van der Waals surface area contributed by atoms with Crippen LogP contribution in [0.5, 0.6) is 11.5 Å². The quantitative estimate of drug-likeness (QED) is 0.797. The number of aryl methyl sites for hydroxylation is 1. The van der Waals surface area contributed by atoms with E-state index in [2.05, 4.69) is 27.9 Å². The van der Waals surface area contributed by atoms with Gasteiger partial charge in [0.2, 0.25) is 0 Å². The average molecular weight is 397 g/mol. The molecule has 0 aliphatic heterocycles. The maximum Gasteiger partial charge on any atom is 0.256 e. The molecule has 0 heterocycles. The zero-order valence-electron chi connectivity index (χ0n) is 12.1. The second-order valence-electron chi connectivity index (χ2n) is 4.46. The van der Waals surface area contributed by atoms with E-state index in [1.54, 1.807) is 26.4 Å². The molecule has 0 saturated heterocycles. The molecule has 0 aromatic heterocycles. The summed E-state index contributed by atoms with van der Waals surface area (Å²) in [6.07, 6.45) is 0. The van der Waals surface area contributed by atoms with Gasteiger partial charge in [-0.25, -0.2) is 0 Å². The number of hydrogen-bond acceptors (Lipinski definition) is 3. The van der Waals surface area contributed by atoms with E-state index in [1.165, 1.54) is 0 Å². The van der Waals surface area contributed by atoms with Gasteiger partial charge in [-0.15, -0.1) is 0 Å². The topological polar surface area (TPSA) is 47.6 Å². The van der Waals surface area contributed by atoms with E-state index in [1.807, 2.05) is 31.2 Å². The van der Waals surface area contributed by atoms with Gasteiger partial charge in [0.1, 0.15) is 0 Å². The molecule has 0 saturated carbocycles. The van der Waals surface area contributed by atoms with Crippen LogP contribution in [0.25, 0.3) is 0 Å². The first-order valence-electron chi connectivity index (χ1n) is 6.35. The first-order valence-corrected chi connectivity index (χ1v) is 7.43. The highest BCUT2D eigenvalue weighted by Gasteiger charge is 2.13. The minimum absolute atomic E-state index is 0.143. The van der Waals surface area contributed by atoms with Gasteiger partial charge in [0.25, 0.3) is 5.91 Å². The van der Waals surface area contributed by atoms with Gasteiger partial charge in [0.05, 0.1) is 19.8 Å². The molecule has 1 amide bonds. The summed E-state index contributed by atoms with van der Waals surface area (Å²) in [7, 11) is 3.15. The number of methoxy groups -OCH3 is 2. The number of halogens is 1. The summed E-state index contributed by atoms with van der Waals surface area (Å²) in [5.74, 6) is 1.08. The lowest BCUT2D eigenvalue weighted by molar-refractivity contribution is 0.102. The highest BCUT2D eigenvalue weighted by molar-refractivity contribution is 14.1. The highest BCUT2D eigenvalue weighted by atomic mass is 127. The fraction of sp³-hybridized carbons (Fsp3) is 0.188. The summed E-state index contributed by atoms with van der Waals surface area (Å²) in [4.78, 5) is 12.4. The Labute approximate surface area is 137 Å². The zero-order valence-corrected chi connectivity index (χ0v) is 14.2. The second-order valence-corrected chi connectivity index (χ2v) is 5.62. The summed E-state index contributed by atoms with van der Waals surface area (Å²) in [5, 5.41) is 2.91. The van der Waals surface area contributed by atoms with Gasteiger partial charge in [-0.1, -0.05) is 12.1 Å². The predicted molar refractivity (Wildman–Crippen MR) is 91.4 cm³/mol. The number of nitrogens with one attached hydrogen (secondary N) is 1. The summed E-state index contributed by atoms with van der Waals surface area (Å²) in [6.45, 7) is 1.91. The van der Waals surface area contributed by atoms with Gasteiger partial charge in [-0.2, -0.15) is 0 Å². The van der Waals surface area contributed by atoms with Crippen molar-refractivity contribution in [3.8, 4) is 11.5 Å². The molecule has 2 rings (SSSR count). The van der Waals surface area contributed by atoms with E-state index in [0.29, 0.717) is 22.7 Å². The van der Waals surface area contributed by atoms with Crippen molar-refractivity contribution in [2.75, 3.05) is 19.5 Å². The number of carbonyl (C=O) groups is 1. The smallest absolute Gasteiger partial charge is 0.256 e. The molecule has 5 heteroatoms. The Kier molecular flexibility index (Phi) is 5.06. The fourth-order valence-corrected chi connectivity index (χ4v) is 2.58. The van der Waals surface area contributed by atoms with Crippen LogP contribution in [0.2, 0.25) is 0 Å². The Balaban J connectivity index is 2.31. The van der Waals surface area contributed by atoms with Crippen LogP contribution >= 0.6 is 22.6 Å². The van der Waals surface area contributed by atoms with Crippen LogP contribution in [0.3, 0.4) is 0 Å². The minimum atomic E-state index is -0.143. The van der Waals surface area contributed by atoms with E-state index in [9.17, 15) is 4.79 Å². The zero-order chi connectivity index (χ0) is 15.4. The van der Waals surface area contributed by atoms with Crippen molar-refractivity contribution in [2.45, 2.75) is 6.92 Å². The summed E-state index contributed by atoms with van der Waals surface area (Å²) in [5.41, 5.74) is 2.26. The average Bonchev–Trinajstić information content (AvgIpc) is 2.49. The Morgan fingerprint density at radius 3 is 2.33 bits per heavy atom. The van der Waals surface area contributed by atoms with E-state index in [-0.39, 0.29) is 5.91 Å². The molecular formula is C16H16INO3. The van der Waals surface area contributed by atoms with Crippen LogP contribution in [-0.2, 0) is 0 Å². The number of anilines is 1. The lowest BCUT2D eigenvalue weighted by atomic mass is 10.1. The van der Waals surface area contributed by atoms with Crippen LogP contribution in [0.1, 0.15) is 15.9 Å². The maximum atomic E-state index is 12.4. The first kappa shape index (κ1) is 15.6. The van der Waals surface area contributed by atoms with Crippen LogP contribution < -0.4 is 14.8 Å². The Hall–Kier alpha value is -1.76. The lowest BCUT2D eigenvalue weighted by Gasteiger charge is -2.14. The van der Waals surface area contributed by atoms with Crippen molar-refractivity contribution < 1.29 is 14.3 Å². The molecule has 0 atom stereocenters. The molecule has 0 aliphatic rings. The molecule has 4 nitrogen and oxygen atoms in total. The Morgan fingerprint density at radius 2 is 1.71 bits per heavy atom. The third-order valence-electron chi connectivity index (χ3n) is 3.10. The monoisotopic (exact) mass is 397 g/mol. The largest absolute Gasteiger partial charge is 0.493 e. The van der Waals surface area contributed by atoms with Crippen molar-refractivity contribution in [1.29, 1.82) is 0 Å². The molecule has 0 radical (unpaired) electrons. The third kappa shape index (κ3) is 3.47. The molecule has 0 spiro atoms. The molecule has 0 unspecified atom stereocenters. The number of carbonyl (C=O) groups excluding carboxylic acids is 1. The molecule has 1 N–H and O–H groups in total. The molecule has 0 bridgehead atoms. The highest BCUT2D eigenvalue weighted by Crippen LogP contribution is 2.33.